The van der Waals surface area contributed by atoms with Gasteiger partial charge in [-0.25, -0.2) is 4.68 Å². The van der Waals surface area contributed by atoms with Crippen LogP contribution in [0.4, 0.5) is 5.69 Å². The molecule has 0 saturated heterocycles. The third-order valence-corrected chi connectivity index (χ3v) is 5.06. The fraction of sp³-hybridized carbons (Fsp3) is 0.125. The molecule has 150 valence electrons. The third kappa shape index (κ3) is 3.93. The maximum Gasteiger partial charge on any atom is 0.259 e. The number of hydrogen-bond acceptors (Lipinski definition) is 3. The number of anilines is 1. The first kappa shape index (κ1) is 19.4. The van der Waals surface area contributed by atoms with Crippen LogP contribution < -0.4 is 10.9 Å². The number of amides is 1. The monoisotopic (exact) mass is 398 g/mol. The van der Waals surface area contributed by atoms with Gasteiger partial charge >= 0.3 is 0 Å². The summed E-state index contributed by atoms with van der Waals surface area (Å²) in [6.07, 6.45) is 3.35. The molecular formula is C24H22N4O2. The van der Waals surface area contributed by atoms with Crippen molar-refractivity contribution in [2.45, 2.75) is 20.4 Å². The summed E-state index contributed by atoms with van der Waals surface area (Å²) in [5.74, 6) is -0.209. The van der Waals surface area contributed by atoms with Crippen molar-refractivity contribution < 1.29 is 4.79 Å². The number of hydrogen-bond donors (Lipinski definition) is 1. The summed E-state index contributed by atoms with van der Waals surface area (Å²) in [7, 11) is 0. The Labute approximate surface area is 174 Å². The molecular weight excluding hydrogens is 376 g/mol. The van der Waals surface area contributed by atoms with Crippen LogP contribution in [0.15, 0.2) is 83.9 Å². The molecule has 1 N–H and O–H groups in total. The van der Waals surface area contributed by atoms with Crippen molar-refractivity contribution in [2.75, 3.05) is 5.32 Å². The average molecular weight is 398 g/mol. The third-order valence-electron chi connectivity index (χ3n) is 5.06. The van der Waals surface area contributed by atoms with Gasteiger partial charge in [0.2, 0.25) is 0 Å². The highest BCUT2D eigenvalue weighted by Gasteiger charge is 2.16. The molecule has 0 bridgehead atoms. The van der Waals surface area contributed by atoms with E-state index in [1.165, 1.54) is 6.07 Å². The van der Waals surface area contributed by atoms with E-state index in [0.29, 0.717) is 17.8 Å². The Hall–Kier alpha value is -3.93. The van der Waals surface area contributed by atoms with Crippen LogP contribution in [0, 0.1) is 13.8 Å². The summed E-state index contributed by atoms with van der Waals surface area (Å²) in [5.41, 5.74) is 4.96. The lowest BCUT2D eigenvalue weighted by molar-refractivity contribution is 0.102. The molecule has 2 aromatic carbocycles. The van der Waals surface area contributed by atoms with Crippen LogP contribution in [-0.2, 0) is 6.54 Å². The predicted molar refractivity (Wildman–Crippen MR) is 117 cm³/mol. The summed E-state index contributed by atoms with van der Waals surface area (Å²) >= 11 is 0. The van der Waals surface area contributed by atoms with Gasteiger partial charge in [0.15, 0.2) is 0 Å². The van der Waals surface area contributed by atoms with Crippen LogP contribution in [0.2, 0.25) is 0 Å². The van der Waals surface area contributed by atoms with Crippen molar-refractivity contribution in [1.82, 2.24) is 14.3 Å². The molecule has 4 rings (SSSR count). The molecule has 0 saturated carbocycles. The van der Waals surface area contributed by atoms with Crippen molar-refractivity contribution in [3.05, 3.63) is 112 Å². The molecule has 6 nitrogen and oxygen atoms in total. The van der Waals surface area contributed by atoms with Crippen molar-refractivity contribution in [2.24, 2.45) is 0 Å². The SMILES string of the molecule is Cc1ccccc1-n1ncc(C(=O)Nc2ccc(Cn3ccccc3=O)cc2)c1C. The van der Waals surface area contributed by atoms with E-state index in [9.17, 15) is 9.59 Å². The first-order chi connectivity index (χ1) is 14.5. The summed E-state index contributed by atoms with van der Waals surface area (Å²) < 4.78 is 3.42. The smallest absolute Gasteiger partial charge is 0.259 e. The van der Waals surface area contributed by atoms with Crippen molar-refractivity contribution in [1.29, 1.82) is 0 Å². The lowest BCUT2D eigenvalue weighted by atomic mass is 10.1. The molecule has 0 radical (unpaired) electrons. The first-order valence-corrected chi connectivity index (χ1v) is 9.69. The minimum Gasteiger partial charge on any atom is -0.322 e. The summed E-state index contributed by atoms with van der Waals surface area (Å²) in [6.45, 7) is 4.38. The maximum atomic E-state index is 12.8. The summed E-state index contributed by atoms with van der Waals surface area (Å²) in [5, 5.41) is 7.32. The number of rotatable bonds is 5. The number of benzene rings is 2. The van der Waals surface area contributed by atoms with Crippen LogP contribution in [0.5, 0.6) is 0 Å². The highest BCUT2D eigenvalue weighted by atomic mass is 16.1. The number of aromatic nitrogens is 3. The minimum absolute atomic E-state index is 0.0454. The Bertz CT molecular complexity index is 1250. The number of carbonyl (C=O) groups is 1. The molecule has 0 atom stereocenters. The number of nitrogens with zero attached hydrogens (tertiary/aromatic N) is 3. The number of nitrogens with one attached hydrogen (secondary N) is 1. The van der Waals surface area contributed by atoms with Gasteiger partial charge < -0.3 is 9.88 Å². The number of carbonyl (C=O) groups excluding carboxylic acids is 1. The van der Waals surface area contributed by atoms with Gasteiger partial charge in [0, 0.05) is 18.0 Å². The summed E-state index contributed by atoms with van der Waals surface area (Å²) in [4.78, 5) is 24.6. The molecule has 30 heavy (non-hydrogen) atoms. The second-order valence-corrected chi connectivity index (χ2v) is 7.16. The first-order valence-electron chi connectivity index (χ1n) is 9.69. The second-order valence-electron chi connectivity index (χ2n) is 7.16. The molecule has 0 spiro atoms. The fourth-order valence-electron chi connectivity index (χ4n) is 3.36. The van der Waals surface area contributed by atoms with E-state index in [4.69, 9.17) is 0 Å². The molecule has 6 heteroatoms. The van der Waals surface area contributed by atoms with E-state index in [1.54, 1.807) is 27.7 Å². The normalized spacial score (nSPS) is 10.7. The van der Waals surface area contributed by atoms with Crippen LogP contribution in [0.3, 0.4) is 0 Å². The van der Waals surface area contributed by atoms with Crippen molar-refractivity contribution in [3.63, 3.8) is 0 Å². The molecule has 0 aliphatic heterocycles. The standard InChI is InChI=1S/C24H22N4O2/c1-17-7-3-4-8-22(17)28-18(2)21(15-25-28)24(30)26-20-12-10-19(11-13-20)16-27-14-6-5-9-23(27)29/h3-15H,16H2,1-2H3,(H,26,30). The largest absolute Gasteiger partial charge is 0.322 e. The zero-order valence-electron chi connectivity index (χ0n) is 16.9. The highest BCUT2D eigenvalue weighted by Crippen LogP contribution is 2.19. The van der Waals surface area contributed by atoms with Gasteiger partial charge in [-0.15, -0.1) is 0 Å². The van der Waals surface area contributed by atoms with E-state index in [1.807, 2.05) is 68.4 Å². The van der Waals surface area contributed by atoms with Crippen molar-refractivity contribution in [3.8, 4) is 5.69 Å². The molecule has 2 heterocycles. The van der Waals surface area contributed by atoms with Crippen LogP contribution in [-0.4, -0.2) is 20.3 Å². The zero-order chi connectivity index (χ0) is 21.1. The minimum atomic E-state index is -0.209. The van der Waals surface area contributed by atoms with Gasteiger partial charge in [0.25, 0.3) is 11.5 Å². The Morgan fingerprint density at radius 1 is 0.967 bits per heavy atom. The van der Waals surface area contributed by atoms with Gasteiger partial charge in [0.05, 0.1) is 29.7 Å². The quantitative estimate of drug-likeness (QED) is 0.553. The molecule has 0 fully saturated rings. The molecule has 0 aliphatic carbocycles. The second kappa shape index (κ2) is 8.21. The Kier molecular flexibility index (Phi) is 5.30. The van der Waals surface area contributed by atoms with E-state index < -0.39 is 0 Å². The molecule has 0 aliphatic rings. The van der Waals surface area contributed by atoms with E-state index in [-0.39, 0.29) is 11.5 Å². The fourth-order valence-corrected chi connectivity index (χ4v) is 3.36. The van der Waals surface area contributed by atoms with E-state index in [0.717, 1.165) is 22.5 Å². The van der Waals surface area contributed by atoms with Gasteiger partial charge in [0.1, 0.15) is 0 Å². The van der Waals surface area contributed by atoms with Crippen LogP contribution in [0.25, 0.3) is 5.69 Å². The lowest BCUT2D eigenvalue weighted by Gasteiger charge is -2.09. The molecule has 1 amide bonds. The Morgan fingerprint density at radius 3 is 2.43 bits per heavy atom. The van der Waals surface area contributed by atoms with Gasteiger partial charge in [-0.2, -0.15) is 5.10 Å². The van der Waals surface area contributed by atoms with Crippen LogP contribution in [0.1, 0.15) is 27.2 Å². The topological polar surface area (TPSA) is 68.9 Å². The number of pyridine rings is 1. The predicted octanol–water partition coefficient (Wildman–Crippen LogP) is 3.95. The van der Waals surface area contributed by atoms with E-state index >= 15 is 0 Å². The number of aryl methyl sites for hydroxylation is 1. The van der Waals surface area contributed by atoms with Gasteiger partial charge in [-0.05, 0) is 49.2 Å². The zero-order valence-corrected chi connectivity index (χ0v) is 16.9. The highest BCUT2D eigenvalue weighted by molar-refractivity contribution is 6.05. The molecule has 2 aromatic heterocycles. The average Bonchev–Trinajstić information content (AvgIpc) is 3.13. The van der Waals surface area contributed by atoms with Crippen molar-refractivity contribution >= 4 is 11.6 Å². The van der Waals surface area contributed by atoms with Gasteiger partial charge in [-0.1, -0.05) is 36.4 Å². The Morgan fingerprint density at radius 2 is 1.70 bits per heavy atom. The van der Waals surface area contributed by atoms with Crippen LogP contribution >= 0.6 is 0 Å². The number of para-hydroxylation sites is 1. The Balaban J connectivity index is 1.49. The molecule has 4 aromatic rings. The van der Waals surface area contributed by atoms with E-state index in [2.05, 4.69) is 10.4 Å². The lowest BCUT2D eigenvalue weighted by Crippen LogP contribution is -2.18. The summed E-state index contributed by atoms with van der Waals surface area (Å²) in [6, 6.07) is 20.5. The molecule has 0 unspecified atom stereocenters. The maximum absolute atomic E-state index is 12.8. The van der Waals surface area contributed by atoms with Gasteiger partial charge in [-0.3, -0.25) is 9.59 Å².